The van der Waals surface area contributed by atoms with E-state index < -0.39 is 10.0 Å². The minimum Gasteiger partial charge on any atom is -0.348 e. The van der Waals surface area contributed by atoms with E-state index in [0.29, 0.717) is 5.69 Å². The number of carbonyl (C=O) groups is 1. The van der Waals surface area contributed by atoms with Gasteiger partial charge < -0.3 is 5.32 Å². The molecule has 3 aromatic rings. The molecule has 31 heavy (non-hydrogen) atoms. The van der Waals surface area contributed by atoms with E-state index in [1.165, 1.54) is 4.31 Å². The maximum Gasteiger partial charge on any atom is 0.264 e. The molecule has 0 aliphatic heterocycles. The van der Waals surface area contributed by atoms with E-state index in [0.717, 1.165) is 22.3 Å². The molecule has 0 heterocycles. The maximum atomic E-state index is 13.4. The van der Waals surface area contributed by atoms with Crippen molar-refractivity contribution < 1.29 is 13.2 Å². The molecule has 0 radical (unpaired) electrons. The van der Waals surface area contributed by atoms with Crippen LogP contribution in [0.1, 0.15) is 35.2 Å². The Hall–Kier alpha value is -3.12. The van der Waals surface area contributed by atoms with Gasteiger partial charge >= 0.3 is 0 Å². The van der Waals surface area contributed by atoms with Crippen molar-refractivity contribution in [3.63, 3.8) is 0 Å². The third-order valence-corrected chi connectivity index (χ3v) is 6.93. The van der Waals surface area contributed by atoms with Gasteiger partial charge in [0.2, 0.25) is 5.91 Å². The summed E-state index contributed by atoms with van der Waals surface area (Å²) in [5, 5.41) is 2.92. The zero-order valence-electron chi connectivity index (χ0n) is 18.3. The van der Waals surface area contributed by atoms with Crippen molar-refractivity contribution in [2.75, 3.05) is 10.8 Å². The number of hydrogen-bond donors (Lipinski definition) is 1. The van der Waals surface area contributed by atoms with Crippen LogP contribution in [0.4, 0.5) is 5.69 Å². The molecule has 0 saturated carbocycles. The van der Waals surface area contributed by atoms with Crippen molar-refractivity contribution >= 4 is 21.6 Å². The van der Waals surface area contributed by atoms with Gasteiger partial charge in [-0.25, -0.2) is 8.42 Å². The normalized spacial score (nSPS) is 12.3. The molecular formula is C25H28N2O3S. The number of amides is 1. The fraction of sp³-hybridized carbons (Fsp3) is 0.240. The SMILES string of the molecule is Cc1ccc([C@H](C)NC(=O)CN(c2cccc(C)c2)S(=O)(=O)c2ccc(C)cc2)cc1. The van der Waals surface area contributed by atoms with Crippen LogP contribution in [-0.2, 0) is 14.8 Å². The number of rotatable bonds is 7. The van der Waals surface area contributed by atoms with Crippen molar-refractivity contribution in [3.05, 3.63) is 95.1 Å². The largest absolute Gasteiger partial charge is 0.348 e. The standard InChI is InChI=1S/C25H28N2O3S/c1-18-8-12-22(13-9-18)21(4)26-25(28)17-27(23-7-5-6-20(3)16-23)31(29,30)24-14-10-19(2)11-15-24/h5-16,21H,17H2,1-4H3,(H,26,28)/t21-/m0/s1. The molecule has 3 rings (SSSR count). The zero-order valence-corrected chi connectivity index (χ0v) is 19.1. The molecule has 1 amide bonds. The Morgan fingerprint density at radius 3 is 2.03 bits per heavy atom. The van der Waals surface area contributed by atoms with Crippen LogP contribution in [0.15, 0.2) is 77.7 Å². The lowest BCUT2D eigenvalue weighted by atomic mass is 10.1. The van der Waals surface area contributed by atoms with Gasteiger partial charge in [0.05, 0.1) is 16.6 Å². The molecule has 0 fully saturated rings. The number of sulfonamides is 1. The molecule has 5 nitrogen and oxygen atoms in total. The minimum absolute atomic E-state index is 0.152. The van der Waals surface area contributed by atoms with Gasteiger partial charge in [0, 0.05) is 0 Å². The van der Waals surface area contributed by atoms with E-state index in [-0.39, 0.29) is 23.4 Å². The van der Waals surface area contributed by atoms with E-state index >= 15 is 0 Å². The Bertz CT molecular complexity index is 1150. The van der Waals surface area contributed by atoms with E-state index in [1.807, 2.05) is 58.0 Å². The summed E-state index contributed by atoms with van der Waals surface area (Å²) in [7, 11) is -3.92. The van der Waals surface area contributed by atoms with Gasteiger partial charge in [-0.3, -0.25) is 9.10 Å². The van der Waals surface area contributed by atoms with Crippen molar-refractivity contribution in [1.29, 1.82) is 0 Å². The predicted octanol–water partition coefficient (Wildman–Crippen LogP) is 4.68. The summed E-state index contributed by atoms with van der Waals surface area (Å²) in [5.74, 6) is -0.370. The lowest BCUT2D eigenvalue weighted by Gasteiger charge is -2.25. The Morgan fingerprint density at radius 2 is 1.45 bits per heavy atom. The van der Waals surface area contributed by atoms with Crippen LogP contribution in [0.3, 0.4) is 0 Å². The van der Waals surface area contributed by atoms with Crippen LogP contribution in [0.25, 0.3) is 0 Å². The van der Waals surface area contributed by atoms with Crippen molar-refractivity contribution in [1.82, 2.24) is 5.32 Å². The third-order valence-electron chi connectivity index (χ3n) is 5.14. The number of anilines is 1. The van der Waals surface area contributed by atoms with Gasteiger partial charge in [0.1, 0.15) is 6.54 Å². The van der Waals surface area contributed by atoms with Crippen LogP contribution >= 0.6 is 0 Å². The summed E-state index contributed by atoms with van der Waals surface area (Å²) in [6.07, 6.45) is 0. The van der Waals surface area contributed by atoms with Gasteiger partial charge in [0.25, 0.3) is 10.0 Å². The number of hydrogen-bond acceptors (Lipinski definition) is 3. The van der Waals surface area contributed by atoms with Crippen LogP contribution < -0.4 is 9.62 Å². The van der Waals surface area contributed by atoms with Crippen LogP contribution in [0, 0.1) is 20.8 Å². The number of carbonyl (C=O) groups excluding carboxylic acids is 1. The number of benzene rings is 3. The van der Waals surface area contributed by atoms with Gasteiger partial charge in [-0.15, -0.1) is 0 Å². The molecule has 1 atom stereocenters. The summed E-state index contributed by atoms with van der Waals surface area (Å²) >= 11 is 0. The highest BCUT2D eigenvalue weighted by Crippen LogP contribution is 2.25. The van der Waals surface area contributed by atoms with E-state index in [2.05, 4.69) is 5.32 Å². The molecular weight excluding hydrogens is 408 g/mol. The molecule has 162 valence electrons. The summed E-state index contributed by atoms with van der Waals surface area (Å²) < 4.78 is 28.0. The summed E-state index contributed by atoms with van der Waals surface area (Å²) in [6.45, 7) is 7.36. The first kappa shape index (κ1) is 22.6. The summed E-state index contributed by atoms with van der Waals surface area (Å²) in [6, 6.07) is 21.4. The second kappa shape index (κ2) is 9.35. The quantitative estimate of drug-likeness (QED) is 0.585. The average molecular weight is 437 g/mol. The first-order valence-electron chi connectivity index (χ1n) is 10.2. The lowest BCUT2D eigenvalue weighted by molar-refractivity contribution is -0.120. The van der Waals surface area contributed by atoms with Crippen molar-refractivity contribution in [3.8, 4) is 0 Å². The fourth-order valence-electron chi connectivity index (χ4n) is 3.29. The second-order valence-electron chi connectivity index (χ2n) is 7.86. The monoisotopic (exact) mass is 436 g/mol. The Kier molecular flexibility index (Phi) is 6.81. The first-order valence-corrected chi connectivity index (χ1v) is 11.6. The Morgan fingerprint density at radius 1 is 0.871 bits per heavy atom. The lowest BCUT2D eigenvalue weighted by Crippen LogP contribution is -2.41. The van der Waals surface area contributed by atoms with Gasteiger partial charge in [-0.05, 0) is 63.1 Å². The average Bonchev–Trinajstić information content (AvgIpc) is 2.72. The zero-order chi connectivity index (χ0) is 22.6. The topological polar surface area (TPSA) is 66.5 Å². The molecule has 6 heteroatoms. The highest BCUT2D eigenvalue weighted by Gasteiger charge is 2.27. The number of nitrogens with one attached hydrogen (secondary N) is 1. The van der Waals surface area contributed by atoms with E-state index in [9.17, 15) is 13.2 Å². The molecule has 0 aliphatic carbocycles. The number of aryl methyl sites for hydroxylation is 3. The Labute approximate surface area is 184 Å². The fourth-order valence-corrected chi connectivity index (χ4v) is 4.70. The van der Waals surface area contributed by atoms with Gasteiger partial charge in [-0.2, -0.15) is 0 Å². The Balaban J connectivity index is 1.89. The van der Waals surface area contributed by atoms with Crippen molar-refractivity contribution in [2.45, 2.75) is 38.6 Å². The first-order chi connectivity index (χ1) is 14.7. The van der Waals surface area contributed by atoms with Crippen molar-refractivity contribution in [2.24, 2.45) is 0 Å². The molecule has 0 bridgehead atoms. The maximum absolute atomic E-state index is 13.4. The van der Waals surface area contributed by atoms with Crippen LogP contribution in [0.5, 0.6) is 0 Å². The van der Waals surface area contributed by atoms with E-state index in [4.69, 9.17) is 0 Å². The molecule has 1 N–H and O–H groups in total. The highest BCUT2D eigenvalue weighted by atomic mass is 32.2. The highest BCUT2D eigenvalue weighted by molar-refractivity contribution is 7.92. The summed E-state index contributed by atoms with van der Waals surface area (Å²) in [4.78, 5) is 13.0. The molecule has 3 aromatic carbocycles. The number of nitrogens with zero attached hydrogens (tertiary/aromatic N) is 1. The molecule has 0 saturated heterocycles. The summed E-state index contributed by atoms with van der Waals surface area (Å²) in [5.41, 5.74) is 4.43. The van der Waals surface area contributed by atoms with Crippen LogP contribution in [0.2, 0.25) is 0 Å². The minimum atomic E-state index is -3.92. The predicted molar refractivity (Wildman–Crippen MR) is 125 cm³/mol. The smallest absolute Gasteiger partial charge is 0.264 e. The molecule has 0 unspecified atom stereocenters. The molecule has 0 spiro atoms. The second-order valence-corrected chi connectivity index (χ2v) is 9.73. The molecule has 0 aromatic heterocycles. The van der Waals surface area contributed by atoms with E-state index in [1.54, 1.807) is 42.5 Å². The third kappa shape index (κ3) is 5.52. The van der Waals surface area contributed by atoms with Gasteiger partial charge in [0.15, 0.2) is 0 Å². The van der Waals surface area contributed by atoms with Gasteiger partial charge in [-0.1, -0.05) is 59.7 Å². The molecule has 0 aliphatic rings. The van der Waals surface area contributed by atoms with Crippen LogP contribution in [-0.4, -0.2) is 20.9 Å².